The van der Waals surface area contributed by atoms with Crippen molar-refractivity contribution in [1.82, 2.24) is 4.73 Å². The molecule has 0 bridgehead atoms. The van der Waals surface area contributed by atoms with Crippen LogP contribution in [0.3, 0.4) is 0 Å². The van der Waals surface area contributed by atoms with Gasteiger partial charge in [0.2, 0.25) is 5.43 Å². The average molecular weight is 409 g/mol. The molecule has 1 unspecified atom stereocenters. The second-order valence-electron chi connectivity index (χ2n) is 6.32. The first kappa shape index (κ1) is 17.4. The molecular weight excluding hydrogens is 397 g/mol. The molecule has 1 aliphatic rings. The van der Waals surface area contributed by atoms with Gasteiger partial charge >= 0.3 is 0 Å². The zero-order chi connectivity index (χ0) is 18.6. The first-order valence-corrected chi connectivity index (χ1v) is 9.04. The van der Waals surface area contributed by atoms with Crippen molar-refractivity contribution in [3.05, 3.63) is 78.5 Å². The van der Waals surface area contributed by atoms with Gasteiger partial charge in [-0.25, -0.2) is 0 Å². The highest BCUT2D eigenvalue weighted by Crippen LogP contribution is 2.37. The number of ketones is 1. The molecule has 0 radical (unpaired) electrons. The minimum absolute atomic E-state index is 0.0172. The third-order valence-corrected chi connectivity index (χ3v) is 5.55. The lowest BCUT2D eigenvalue weighted by atomic mass is 9.81. The molecule has 132 valence electrons. The number of carbonyl (C=O) groups is 1. The van der Waals surface area contributed by atoms with Crippen molar-refractivity contribution in [2.24, 2.45) is 0 Å². The number of benzene rings is 2. The van der Waals surface area contributed by atoms with Gasteiger partial charge in [-0.05, 0) is 48.2 Å². The Bertz CT molecular complexity index is 1140. The van der Waals surface area contributed by atoms with E-state index >= 15 is 0 Å². The lowest BCUT2D eigenvalue weighted by molar-refractivity contribution is 0.0949. The zero-order valence-electron chi connectivity index (χ0n) is 13.3. The van der Waals surface area contributed by atoms with Crippen LogP contribution < -0.4 is 5.43 Å². The average Bonchev–Trinajstić information content (AvgIpc) is 2.59. The maximum atomic E-state index is 12.8. The summed E-state index contributed by atoms with van der Waals surface area (Å²) in [6.07, 6.45) is 0.447. The number of hydrogen-bond acceptors (Lipinski definition) is 3. The zero-order valence-corrected chi connectivity index (χ0v) is 15.6. The molecule has 2 aromatic carbocycles. The van der Waals surface area contributed by atoms with Gasteiger partial charge in [0.1, 0.15) is 0 Å². The Balaban J connectivity index is 1.92. The van der Waals surface area contributed by atoms with Crippen LogP contribution in [0, 0.1) is 0 Å². The third kappa shape index (κ3) is 2.69. The minimum atomic E-state index is -0.409. The molecule has 1 aromatic heterocycles. The molecule has 0 fully saturated rings. The summed E-state index contributed by atoms with van der Waals surface area (Å²) >= 11 is 18.2. The molecule has 4 nitrogen and oxygen atoms in total. The van der Waals surface area contributed by atoms with Crippen LogP contribution in [0.4, 0.5) is 0 Å². The van der Waals surface area contributed by atoms with E-state index in [0.717, 1.165) is 10.3 Å². The molecule has 1 aliphatic carbocycles. The van der Waals surface area contributed by atoms with Gasteiger partial charge in [-0.2, -0.15) is 4.73 Å². The van der Waals surface area contributed by atoms with Crippen molar-refractivity contribution in [3.8, 4) is 0 Å². The molecule has 3 aromatic rings. The van der Waals surface area contributed by atoms with Gasteiger partial charge in [0, 0.05) is 21.5 Å². The van der Waals surface area contributed by atoms with Gasteiger partial charge < -0.3 is 5.21 Å². The van der Waals surface area contributed by atoms with Gasteiger partial charge in [-0.15, -0.1) is 0 Å². The van der Waals surface area contributed by atoms with Crippen LogP contribution in [-0.2, 0) is 6.42 Å². The summed E-state index contributed by atoms with van der Waals surface area (Å²) < 4.78 is 0.913. The minimum Gasteiger partial charge on any atom is -0.428 e. The maximum Gasteiger partial charge on any atom is 0.200 e. The summed E-state index contributed by atoms with van der Waals surface area (Å²) in [4.78, 5) is 25.5. The van der Waals surface area contributed by atoms with E-state index in [2.05, 4.69) is 0 Å². The molecule has 4 rings (SSSR count). The summed E-state index contributed by atoms with van der Waals surface area (Å²) in [7, 11) is 0. The van der Waals surface area contributed by atoms with Gasteiger partial charge in [0.15, 0.2) is 5.78 Å². The normalized spacial score (nSPS) is 16.7. The summed E-state index contributed by atoms with van der Waals surface area (Å²) in [5.74, 6) is -0.570. The first-order chi connectivity index (χ1) is 12.4. The Morgan fingerprint density at radius 2 is 1.65 bits per heavy atom. The van der Waals surface area contributed by atoms with Crippen molar-refractivity contribution < 1.29 is 10.0 Å². The highest BCUT2D eigenvalue weighted by Gasteiger charge is 2.33. The lowest BCUT2D eigenvalue weighted by Gasteiger charge is -2.26. The molecule has 26 heavy (non-hydrogen) atoms. The quantitative estimate of drug-likeness (QED) is 0.569. The summed E-state index contributed by atoms with van der Waals surface area (Å²) in [6.45, 7) is 0. The van der Waals surface area contributed by atoms with E-state index in [-0.39, 0.29) is 34.8 Å². The molecule has 1 atom stereocenters. The van der Waals surface area contributed by atoms with Crippen LogP contribution in [-0.4, -0.2) is 15.7 Å². The van der Waals surface area contributed by atoms with Crippen LogP contribution >= 0.6 is 34.8 Å². The Morgan fingerprint density at radius 1 is 0.962 bits per heavy atom. The highest BCUT2D eigenvalue weighted by atomic mass is 35.5. The van der Waals surface area contributed by atoms with E-state index in [1.165, 1.54) is 6.07 Å². The SMILES string of the molecule is O=C1CC(c2ccc(Cl)cc2Cl)Cc2c1c(=O)c1cc(Cl)ccc1n2O. The lowest BCUT2D eigenvalue weighted by Crippen LogP contribution is -2.30. The van der Waals surface area contributed by atoms with Gasteiger partial charge in [0.25, 0.3) is 0 Å². The largest absolute Gasteiger partial charge is 0.428 e. The summed E-state index contributed by atoms with van der Waals surface area (Å²) in [5.41, 5.74) is 0.974. The van der Waals surface area contributed by atoms with E-state index < -0.39 is 5.43 Å². The molecule has 0 saturated carbocycles. The van der Waals surface area contributed by atoms with Gasteiger partial charge in [0.05, 0.1) is 22.2 Å². The fourth-order valence-corrected chi connectivity index (χ4v) is 4.29. The number of aromatic nitrogens is 1. The number of halogens is 3. The third-order valence-electron chi connectivity index (χ3n) is 4.76. The molecule has 7 heteroatoms. The van der Waals surface area contributed by atoms with Crippen LogP contribution in [0.5, 0.6) is 0 Å². The molecule has 1 heterocycles. The summed E-state index contributed by atoms with van der Waals surface area (Å²) in [6, 6.07) is 9.70. The van der Waals surface area contributed by atoms with Crippen LogP contribution in [0.1, 0.15) is 34.0 Å². The molecule has 0 amide bonds. The van der Waals surface area contributed by atoms with Crippen LogP contribution in [0.2, 0.25) is 15.1 Å². The number of rotatable bonds is 1. The fourth-order valence-electron chi connectivity index (χ4n) is 3.55. The number of pyridine rings is 1. The predicted octanol–water partition coefficient (Wildman–Crippen LogP) is 5.11. The van der Waals surface area contributed by atoms with E-state index in [1.807, 2.05) is 0 Å². The van der Waals surface area contributed by atoms with E-state index in [9.17, 15) is 14.8 Å². The highest BCUT2D eigenvalue weighted by molar-refractivity contribution is 6.35. The Morgan fingerprint density at radius 3 is 2.38 bits per heavy atom. The number of carbonyl (C=O) groups excluding carboxylic acids is 1. The number of hydrogen-bond donors (Lipinski definition) is 1. The number of Topliss-reactive ketones (excluding diaryl/α,β-unsaturated/α-hetero) is 1. The fraction of sp³-hybridized carbons (Fsp3) is 0.158. The van der Waals surface area contributed by atoms with Crippen molar-refractivity contribution in [2.45, 2.75) is 18.8 Å². The molecule has 0 aliphatic heterocycles. The van der Waals surface area contributed by atoms with Crippen molar-refractivity contribution >= 4 is 51.5 Å². The number of nitrogens with zero attached hydrogens (tertiary/aromatic N) is 1. The van der Waals surface area contributed by atoms with E-state index in [0.29, 0.717) is 27.0 Å². The Labute approximate surface area is 163 Å². The Hall–Kier alpha value is -2.01. The van der Waals surface area contributed by atoms with Crippen LogP contribution in [0.25, 0.3) is 10.9 Å². The van der Waals surface area contributed by atoms with E-state index in [1.54, 1.807) is 30.3 Å². The number of fused-ring (bicyclic) bond motifs is 2. The van der Waals surface area contributed by atoms with Gasteiger partial charge in [-0.1, -0.05) is 40.9 Å². The molecule has 0 saturated heterocycles. The van der Waals surface area contributed by atoms with Crippen molar-refractivity contribution in [3.63, 3.8) is 0 Å². The molecule has 0 spiro atoms. The maximum absolute atomic E-state index is 12.8. The molecular formula is C19H12Cl3NO3. The second kappa shape index (κ2) is 6.31. The summed E-state index contributed by atoms with van der Waals surface area (Å²) in [5, 5.41) is 12.2. The standard InChI is InChI=1S/C19H12Cl3NO3/c20-10-2-4-15-13(7-10)19(25)18-16(23(15)26)5-9(6-17(18)24)12-3-1-11(21)8-14(12)22/h1-4,7-9,26H,5-6H2. The van der Waals surface area contributed by atoms with Crippen molar-refractivity contribution in [2.75, 3.05) is 0 Å². The predicted molar refractivity (Wildman–Crippen MR) is 102 cm³/mol. The second-order valence-corrected chi connectivity index (χ2v) is 7.60. The van der Waals surface area contributed by atoms with E-state index in [4.69, 9.17) is 34.8 Å². The Kier molecular flexibility index (Phi) is 4.22. The van der Waals surface area contributed by atoms with Gasteiger partial charge in [-0.3, -0.25) is 9.59 Å². The first-order valence-electron chi connectivity index (χ1n) is 7.91. The molecule has 1 N–H and O–H groups in total. The monoisotopic (exact) mass is 407 g/mol. The van der Waals surface area contributed by atoms with Crippen LogP contribution in [0.15, 0.2) is 41.2 Å². The van der Waals surface area contributed by atoms with Crippen molar-refractivity contribution in [1.29, 1.82) is 0 Å². The smallest absolute Gasteiger partial charge is 0.200 e. The topological polar surface area (TPSA) is 59.3 Å².